The summed E-state index contributed by atoms with van der Waals surface area (Å²) in [6.07, 6.45) is 3.33. The first kappa shape index (κ1) is 21.6. The molecule has 1 aromatic heterocycles. The first-order chi connectivity index (χ1) is 14.3. The molecule has 1 aromatic carbocycles. The number of likely N-dealkylation sites (tertiary alicyclic amines) is 1. The number of ether oxygens (including phenoxy) is 1. The van der Waals surface area contributed by atoms with Crippen molar-refractivity contribution in [1.29, 1.82) is 0 Å². The second kappa shape index (κ2) is 9.12. The van der Waals surface area contributed by atoms with Crippen molar-refractivity contribution in [2.45, 2.75) is 31.5 Å². The molecule has 0 spiro atoms. The maximum atomic E-state index is 13.8. The molecule has 1 aliphatic heterocycles. The second-order valence-corrected chi connectivity index (χ2v) is 7.03. The van der Waals surface area contributed by atoms with E-state index in [1.54, 1.807) is 11.0 Å². The van der Waals surface area contributed by atoms with Gasteiger partial charge in [-0.1, -0.05) is 6.07 Å². The van der Waals surface area contributed by atoms with Gasteiger partial charge in [-0.2, -0.15) is 0 Å². The fourth-order valence-electron chi connectivity index (χ4n) is 3.40. The molecule has 1 N–H and O–H groups in total. The summed E-state index contributed by atoms with van der Waals surface area (Å²) in [7, 11) is 1.41. The summed E-state index contributed by atoms with van der Waals surface area (Å²) in [6, 6.07) is 4.71. The molecule has 1 saturated heterocycles. The number of aromatic nitrogens is 2. The van der Waals surface area contributed by atoms with Crippen LogP contribution in [0, 0.1) is 11.6 Å². The van der Waals surface area contributed by atoms with Gasteiger partial charge < -0.3 is 15.0 Å². The number of rotatable bonds is 6. The van der Waals surface area contributed by atoms with Crippen molar-refractivity contribution in [2.24, 2.45) is 0 Å². The van der Waals surface area contributed by atoms with Crippen LogP contribution in [0.5, 0.6) is 0 Å². The summed E-state index contributed by atoms with van der Waals surface area (Å²) >= 11 is 0. The smallest absolute Gasteiger partial charge is 0.347 e. The van der Waals surface area contributed by atoms with Gasteiger partial charge >= 0.3 is 5.69 Å². The van der Waals surface area contributed by atoms with E-state index in [0.717, 1.165) is 12.1 Å². The Balaban J connectivity index is 1.58. The first-order valence-corrected chi connectivity index (χ1v) is 9.41. The quantitative estimate of drug-likeness (QED) is 0.748. The van der Waals surface area contributed by atoms with Crippen LogP contribution >= 0.6 is 0 Å². The lowest BCUT2D eigenvalue weighted by Crippen LogP contribution is -2.56. The second-order valence-electron chi connectivity index (χ2n) is 7.03. The van der Waals surface area contributed by atoms with E-state index in [4.69, 9.17) is 4.74 Å². The van der Waals surface area contributed by atoms with Crippen molar-refractivity contribution >= 4 is 11.8 Å². The van der Waals surface area contributed by atoms with Crippen LogP contribution in [0.25, 0.3) is 0 Å². The van der Waals surface area contributed by atoms with Gasteiger partial charge in [-0.3, -0.25) is 14.2 Å². The van der Waals surface area contributed by atoms with E-state index in [2.05, 4.69) is 10.3 Å². The molecular weight excluding hydrogens is 398 g/mol. The first-order valence-electron chi connectivity index (χ1n) is 9.41. The van der Waals surface area contributed by atoms with E-state index in [-0.39, 0.29) is 50.5 Å². The SMILES string of the molecule is COC1(C(=O)NCc2ccc(F)cc2F)CCN(C(=O)Cn2cccnc2=O)CC1. The molecule has 0 aliphatic carbocycles. The highest BCUT2D eigenvalue weighted by molar-refractivity contribution is 5.86. The lowest BCUT2D eigenvalue weighted by molar-refractivity contribution is -0.154. The standard InChI is InChI=1S/C20H22F2N4O4/c1-30-20(18(28)24-12-14-3-4-15(21)11-16(14)22)5-9-25(10-6-20)17(27)13-26-8-2-7-23-19(26)29/h2-4,7-8,11H,5-6,9-10,12-13H2,1H3,(H,24,28). The van der Waals surface area contributed by atoms with Crippen LogP contribution in [0.15, 0.2) is 41.5 Å². The van der Waals surface area contributed by atoms with Gasteiger partial charge in [-0.25, -0.2) is 18.6 Å². The molecule has 2 aromatic rings. The van der Waals surface area contributed by atoms with Gasteiger partial charge in [-0.15, -0.1) is 0 Å². The van der Waals surface area contributed by atoms with Gasteiger partial charge in [0.25, 0.3) is 5.91 Å². The van der Waals surface area contributed by atoms with E-state index in [1.165, 1.54) is 30.1 Å². The third-order valence-electron chi connectivity index (χ3n) is 5.27. The zero-order valence-corrected chi connectivity index (χ0v) is 16.4. The number of carbonyl (C=O) groups is 2. The topological polar surface area (TPSA) is 93.5 Å². The van der Waals surface area contributed by atoms with Crippen LogP contribution in [-0.4, -0.2) is 52.1 Å². The summed E-state index contributed by atoms with van der Waals surface area (Å²) < 4.78 is 33.5. The number of benzene rings is 1. The molecular formula is C20H22F2N4O4. The fraction of sp³-hybridized carbons (Fsp3) is 0.400. The molecule has 8 nitrogen and oxygen atoms in total. The number of amides is 2. The predicted octanol–water partition coefficient (Wildman–Crippen LogP) is 0.845. The van der Waals surface area contributed by atoms with Crippen molar-refractivity contribution in [2.75, 3.05) is 20.2 Å². The molecule has 2 heterocycles. The Bertz CT molecular complexity index is 987. The molecule has 30 heavy (non-hydrogen) atoms. The monoisotopic (exact) mass is 420 g/mol. The Hall–Kier alpha value is -3.14. The lowest BCUT2D eigenvalue weighted by Gasteiger charge is -2.39. The number of nitrogens with one attached hydrogen (secondary N) is 1. The van der Waals surface area contributed by atoms with Gasteiger partial charge in [0.15, 0.2) is 0 Å². The summed E-state index contributed by atoms with van der Waals surface area (Å²) in [5.41, 5.74) is -1.51. The maximum absolute atomic E-state index is 13.8. The van der Waals surface area contributed by atoms with E-state index < -0.39 is 28.8 Å². The largest absolute Gasteiger partial charge is 0.368 e. The fourth-order valence-corrected chi connectivity index (χ4v) is 3.40. The van der Waals surface area contributed by atoms with Crippen LogP contribution in [-0.2, 0) is 27.4 Å². The minimum atomic E-state index is -1.15. The average Bonchev–Trinajstić information content (AvgIpc) is 2.74. The Morgan fingerprint density at radius 1 is 1.27 bits per heavy atom. The van der Waals surface area contributed by atoms with Gasteiger partial charge in [-0.05, 0) is 12.1 Å². The Morgan fingerprint density at radius 2 is 2.00 bits per heavy atom. The number of halogens is 2. The number of methoxy groups -OCH3 is 1. The highest BCUT2D eigenvalue weighted by Gasteiger charge is 2.42. The van der Waals surface area contributed by atoms with Crippen LogP contribution in [0.1, 0.15) is 18.4 Å². The van der Waals surface area contributed by atoms with Crippen molar-refractivity contribution in [3.8, 4) is 0 Å². The van der Waals surface area contributed by atoms with Crippen molar-refractivity contribution in [1.82, 2.24) is 19.8 Å². The number of hydrogen-bond acceptors (Lipinski definition) is 5. The van der Waals surface area contributed by atoms with Crippen molar-refractivity contribution < 1.29 is 23.1 Å². The molecule has 160 valence electrons. The molecule has 0 saturated carbocycles. The van der Waals surface area contributed by atoms with Gasteiger partial charge in [0, 0.05) is 63.6 Å². The Kier molecular flexibility index (Phi) is 6.56. The average molecular weight is 420 g/mol. The summed E-state index contributed by atoms with van der Waals surface area (Å²) in [6.45, 7) is 0.283. The molecule has 0 bridgehead atoms. The zero-order valence-electron chi connectivity index (χ0n) is 16.4. The molecule has 1 aliphatic rings. The number of carbonyl (C=O) groups excluding carboxylic acids is 2. The Morgan fingerprint density at radius 3 is 2.63 bits per heavy atom. The van der Waals surface area contributed by atoms with E-state index >= 15 is 0 Å². The molecule has 10 heteroatoms. The molecule has 3 rings (SSSR count). The third kappa shape index (κ3) is 4.70. The summed E-state index contributed by atoms with van der Waals surface area (Å²) in [5, 5.41) is 2.63. The summed E-state index contributed by atoms with van der Waals surface area (Å²) in [5.74, 6) is -2.12. The maximum Gasteiger partial charge on any atom is 0.347 e. The summed E-state index contributed by atoms with van der Waals surface area (Å²) in [4.78, 5) is 42.1. The van der Waals surface area contributed by atoms with Crippen molar-refractivity contribution in [3.05, 3.63) is 64.3 Å². The van der Waals surface area contributed by atoms with Gasteiger partial charge in [0.2, 0.25) is 5.91 Å². The highest BCUT2D eigenvalue weighted by Crippen LogP contribution is 2.26. The van der Waals surface area contributed by atoms with Crippen LogP contribution < -0.4 is 11.0 Å². The molecule has 0 radical (unpaired) electrons. The van der Waals surface area contributed by atoms with E-state index in [9.17, 15) is 23.2 Å². The minimum Gasteiger partial charge on any atom is -0.368 e. The molecule has 0 unspecified atom stereocenters. The van der Waals surface area contributed by atoms with Gasteiger partial charge in [0.1, 0.15) is 23.8 Å². The predicted molar refractivity (Wildman–Crippen MR) is 102 cm³/mol. The van der Waals surface area contributed by atoms with E-state index in [0.29, 0.717) is 0 Å². The number of hydrogen-bond donors (Lipinski definition) is 1. The van der Waals surface area contributed by atoms with Gasteiger partial charge in [0.05, 0.1) is 0 Å². The lowest BCUT2D eigenvalue weighted by atomic mass is 9.90. The van der Waals surface area contributed by atoms with Crippen LogP contribution in [0.2, 0.25) is 0 Å². The van der Waals surface area contributed by atoms with Crippen LogP contribution in [0.3, 0.4) is 0 Å². The zero-order chi connectivity index (χ0) is 21.7. The number of nitrogens with zero attached hydrogens (tertiary/aromatic N) is 3. The third-order valence-corrected chi connectivity index (χ3v) is 5.27. The Labute approximate surface area is 171 Å². The van der Waals surface area contributed by atoms with Crippen molar-refractivity contribution in [3.63, 3.8) is 0 Å². The van der Waals surface area contributed by atoms with Crippen LogP contribution in [0.4, 0.5) is 8.78 Å². The minimum absolute atomic E-state index is 0.109. The molecule has 2 amide bonds. The molecule has 1 fully saturated rings. The normalized spacial score (nSPS) is 15.6. The number of piperidine rings is 1. The highest BCUT2D eigenvalue weighted by atomic mass is 19.1. The molecule has 0 atom stereocenters. The van der Waals surface area contributed by atoms with E-state index in [1.807, 2.05) is 0 Å².